The Hall–Kier alpha value is -2.96. The predicted molar refractivity (Wildman–Crippen MR) is 87.2 cm³/mol. The van der Waals surface area contributed by atoms with Gasteiger partial charge in [0.1, 0.15) is 17.4 Å². The van der Waals surface area contributed by atoms with E-state index in [-0.39, 0.29) is 37.4 Å². The molecule has 1 N–H and O–H groups in total. The first-order chi connectivity index (χ1) is 12.0. The van der Waals surface area contributed by atoms with E-state index in [2.05, 4.69) is 5.32 Å². The van der Waals surface area contributed by atoms with Gasteiger partial charge in [0, 0.05) is 18.7 Å². The molecular weight excluding hydrogens is 330 g/mol. The third-order valence-electron chi connectivity index (χ3n) is 3.79. The number of benzene rings is 2. The number of hydrogen-bond acceptors (Lipinski definition) is 3. The lowest BCUT2D eigenvalue weighted by Gasteiger charge is -2.17. The van der Waals surface area contributed by atoms with Crippen LogP contribution in [0.3, 0.4) is 0 Å². The summed E-state index contributed by atoms with van der Waals surface area (Å²) in [4.78, 5) is 25.5. The van der Waals surface area contributed by atoms with Gasteiger partial charge in [-0.15, -0.1) is 0 Å². The molecule has 2 amide bonds. The van der Waals surface area contributed by atoms with Crippen LogP contribution in [-0.4, -0.2) is 31.0 Å². The molecule has 0 aromatic heterocycles. The van der Waals surface area contributed by atoms with Crippen LogP contribution < -0.4 is 15.0 Å². The van der Waals surface area contributed by atoms with Crippen molar-refractivity contribution in [3.05, 3.63) is 60.2 Å². The van der Waals surface area contributed by atoms with Gasteiger partial charge in [0.05, 0.1) is 6.04 Å². The summed E-state index contributed by atoms with van der Waals surface area (Å²) < 4.78 is 31.4. The summed E-state index contributed by atoms with van der Waals surface area (Å²) in [5, 5.41) is 2.71. The van der Waals surface area contributed by atoms with Crippen molar-refractivity contribution in [1.29, 1.82) is 0 Å². The number of hydrogen-bond donors (Lipinski definition) is 1. The topological polar surface area (TPSA) is 58.6 Å². The quantitative estimate of drug-likeness (QED) is 0.904. The molecule has 1 aliphatic rings. The first kappa shape index (κ1) is 16.9. The van der Waals surface area contributed by atoms with Gasteiger partial charge in [-0.25, -0.2) is 8.78 Å². The van der Waals surface area contributed by atoms with Gasteiger partial charge < -0.3 is 15.0 Å². The summed E-state index contributed by atoms with van der Waals surface area (Å²) in [5.41, 5.74) is 0.462. The first-order valence-corrected chi connectivity index (χ1v) is 7.75. The molecule has 5 nitrogen and oxygen atoms in total. The van der Waals surface area contributed by atoms with E-state index in [1.54, 1.807) is 6.07 Å². The molecule has 2 aromatic rings. The summed E-state index contributed by atoms with van der Waals surface area (Å²) in [7, 11) is 0. The van der Waals surface area contributed by atoms with E-state index in [0.717, 1.165) is 0 Å². The third kappa shape index (κ3) is 4.32. The zero-order valence-corrected chi connectivity index (χ0v) is 13.2. The summed E-state index contributed by atoms with van der Waals surface area (Å²) in [6.07, 6.45) is 0.138. The molecule has 0 saturated carbocycles. The maximum Gasteiger partial charge on any atom is 0.258 e. The molecule has 0 spiro atoms. The van der Waals surface area contributed by atoms with Crippen LogP contribution in [0.2, 0.25) is 0 Å². The Bertz CT molecular complexity index is 780. The predicted octanol–water partition coefficient (Wildman–Crippen LogP) is 2.27. The molecule has 130 valence electrons. The minimum atomic E-state index is -0.425. The summed E-state index contributed by atoms with van der Waals surface area (Å²) in [6.45, 7) is 0.0286. The van der Waals surface area contributed by atoms with Crippen molar-refractivity contribution < 1.29 is 23.1 Å². The van der Waals surface area contributed by atoms with E-state index in [4.69, 9.17) is 4.74 Å². The van der Waals surface area contributed by atoms with Crippen molar-refractivity contribution in [2.75, 3.05) is 18.1 Å². The zero-order valence-electron chi connectivity index (χ0n) is 13.2. The average Bonchev–Trinajstić information content (AvgIpc) is 2.94. The number of carbonyl (C=O) groups is 2. The molecule has 25 heavy (non-hydrogen) atoms. The van der Waals surface area contributed by atoms with Gasteiger partial charge in [0.15, 0.2) is 6.61 Å². The van der Waals surface area contributed by atoms with Gasteiger partial charge in [0.2, 0.25) is 5.91 Å². The number of nitrogens with one attached hydrogen (secondary N) is 1. The molecule has 1 fully saturated rings. The van der Waals surface area contributed by atoms with Crippen LogP contribution in [0.5, 0.6) is 5.75 Å². The van der Waals surface area contributed by atoms with Gasteiger partial charge >= 0.3 is 0 Å². The van der Waals surface area contributed by atoms with Crippen LogP contribution in [0.4, 0.5) is 14.5 Å². The fourth-order valence-corrected chi connectivity index (χ4v) is 2.65. The number of nitrogens with zero attached hydrogens (tertiary/aromatic N) is 1. The molecule has 1 aliphatic heterocycles. The van der Waals surface area contributed by atoms with Gasteiger partial charge in [-0.2, -0.15) is 0 Å². The minimum absolute atomic E-state index is 0.138. The maximum absolute atomic E-state index is 13.3. The molecule has 7 heteroatoms. The fraction of sp³-hybridized carbons (Fsp3) is 0.222. The Balaban J connectivity index is 1.52. The SMILES string of the molecule is O=C(COc1ccc(F)cc1)NC1CC(=O)N(c2cccc(F)c2)C1. The normalized spacial score (nSPS) is 16.8. The molecule has 1 saturated heterocycles. The molecule has 2 aromatic carbocycles. The van der Waals surface area contributed by atoms with Crippen LogP contribution in [0, 0.1) is 11.6 Å². The number of anilines is 1. The maximum atomic E-state index is 13.3. The van der Waals surface area contributed by atoms with Crippen LogP contribution in [-0.2, 0) is 9.59 Å². The minimum Gasteiger partial charge on any atom is -0.484 e. The smallest absolute Gasteiger partial charge is 0.258 e. The lowest BCUT2D eigenvalue weighted by Crippen LogP contribution is -2.39. The highest BCUT2D eigenvalue weighted by atomic mass is 19.1. The number of rotatable bonds is 5. The lowest BCUT2D eigenvalue weighted by molar-refractivity contribution is -0.123. The number of amides is 2. The largest absolute Gasteiger partial charge is 0.484 e. The van der Waals surface area contributed by atoms with Crippen LogP contribution in [0.25, 0.3) is 0 Å². The fourth-order valence-electron chi connectivity index (χ4n) is 2.65. The molecule has 0 radical (unpaired) electrons. The van der Waals surface area contributed by atoms with E-state index in [1.807, 2.05) is 0 Å². The molecule has 3 rings (SSSR count). The number of carbonyl (C=O) groups excluding carboxylic acids is 2. The second-order valence-electron chi connectivity index (χ2n) is 5.70. The van der Waals surface area contributed by atoms with Crippen LogP contribution >= 0.6 is 0 Å². The van der Waals surface area contributed by atoms with E-state index in [9.17, 15) is 18.4 Å². The van der Waals surface area contributed by atoms with Gasteiger partial charge in [-0.1, -0.05) is 6.07 Å². The highest BCUT2D eigenvalue weighted by Gasteiger charge is 2.31. The monoisotopic (exact) mass is 346 g/mol. The van der Waals surface area contributed by atoms with E-state index in [1.165, 1.54) is 47.4 Å². The standard InChI is InChI=1S/C18H16F2N2O3/c19-12-4-6-16(7-5-12)25-11-17(23)21-14-9-18(24)22(10-14)15-3-1-2-13(20)8-15/h1-8,14H,9-11H2,(H,21,23). The van der Waals surface area contributed by atoms with Crippen LogP contribution in [0.1, 0.15) is 6.42 Å². The van der Waals surface area contributed by atoms with Gasteiger partial charge in [-0.3, -0.25) is 9.59 Å². The highest BCUT2D eigenvalue weighted by molar-refractivity contribution is 5.96. The summed E-state index contributed by atoms with van der Waals surface area (Å²) >= 11 is 0. The van der Waals surface area contributed by atoms with Crippen molar-refractivity contribution in [1.82, 2.24) is 5.32 Å². The average molecular weight is 346 g/mol. The summed E-state index contributed by atoms with van der Waals surface area (Å²) in [6, 6.07) is 10.7. The molecule has 0 aliphatic carbocycles. The van der Waals surface area contributed by atoms with Crippen molar-refractivity contribution in [3.63, 3.8) is 0 Å². The third-order valence-corrected chi connectivity index (χ3v) is 3.79. The second-order valence-corrected chi connectivity index (χ2v) is 5.70. The number of halogens is 2. The van der Waals surface area contributed by atoms with Crippen molar-refractivity contribution >= 4 is 17.5 Å². The van der Waals surface area contributed by atoms with Crippen molar-refractivity contribution in [2.24, 2.45) is 0 Å². The van der Waals surface area contributed by atoms with Crippen molar-refractivity contribution in [3.8, 4) is 5.75 Å². The van der Waals surface area contributed by atoms with Crippen molar-refractivity contribution in [2.45, 2.75) is 12.5 Å². The highest BCUT2D eigenvalue weighted by Crippen LogP contribution is 2.22. The molecular formula is C18H16F2N2O3. The zero-order chi connectivity index (χ0) is 17.8. The summed E-state index contributed by atoms with van der Waals surface area (Å²) in [5.74, 6) is -1.01. The van der Waals surface area contributed by atoms with E-state index < -0.39 is 11.6 Å². The Kier molecular flexibility index (Phi) is 4.92. The molecule has 0 bridgehead atoms. The Labute approximate surface area is 143 Å². The Morgan fingerprint density at radius 2 is 1.92 bits per heavy atom. The lowest BCUT2D eigenvalue weighted by atomic mass is 10.2. The first-order valence-electron chi connectivity index (χ1n) is 7.75. The van der Waals surface area contributed by atoms with Gasteiger partial charge in [-0.05, 0) is 42.5 Å². The molecule has 1 unspecified atom stereocenters. The Morgan fingerprint density at radius 3 is 2.64 bits per heavy atom. The molecule has 1 atom stereocenters. The molecule has 1 heterocycles. The number of ether oxygens (including phenoxy) is 1. The van der Waals surface area contributed by atoms with Crippen LogP contribution in [0.15, 0.2) is 48.5 Å². The van der Waals surface area contributed by atoms with E-state index in [0.29, 0.717) is 11.4 Å². The second kappa shape index (κ2) is 7.29. The van der Waals surface area contributed by atoms with E-state index >= 15 is 0 Å². The van der Waals surface area contributed by atoms with Gasteiger partial charge in [0.25, 0.3) is 5.91 Å². The Morgan fingerprint density at radius 1 is 1.16 bits per heavy atom.